The highest BCUT2D eigenvalue weighted by molar-refractivity contribution is 5.93. The van der Waals surface area contributed by atoms with Crippen LogP contribution in [0.25, 0.3) is 0 Å². The molecule has 2 unspecified atom stereocenters. The summed E-state index contributed by atoms with van der Waals surface area (Å²) < 4.78 is 0. The van der Waals surface area contributed by atoms with Crippen molar-refractivity contribution < 1.29 is 4.79 Å². The SMILES string of the molecule is CC1CCC(CC(=O)Nc2ccccc2N)C1.Cl. The lowest BCUT2D eigenvalue weighted by atomic mass is 10.0. The fourth-order valence-corrected chi connectivity index (χ4v) is 2.58. The molecule has 4 heteroatoms. The third-order valence-electron chi connectivity index (χ3n) is 3.51. The van der Waals surface area contributed by atoms with E-state index in [4.69, 9.17) is 5.73 Å². The molecule has 2 rings (SSSR count). The normalized spacial score (nSPS) is 22.3. The molecule has 100 valence electrons. The molecule has 0 spiro atoms. The lowest BCUT2D eigenvalue weighted by molar-refractivity contribution is -0.117. The Morgan fingerprint density at radius 2 is 2.11 bits per heavy atom. The zero-order valence-corrected chi connectivity index (χ0v) is 11.5. The van der Waals surface area contributed by atoms with Crippen LogP contribution in [0.4, 0.5) is 11.4 Å². The fraction of sp³-hybridized carbons (Fsp3) is 0.500. The van der Waals surface area contributed by atoms with Crippen LogP contribution in [0.1, 0.15) is 32.6 Å². The van der Waals surface area contributed by atoms with E-state index in [-0.39, 0.29) is 18.3 Å². The van der Waals surface area contributed by atoms with Crippen LogP contribution in [-0.4, -0.2) is 5.91 Å². The Morgan fingerprint density at radius 1 is 1.39 bits per heavy atom. The Hall–Kier alpha value is -1.22. The van der Waals surface area contributed by atoms with Gasteiger partial charge in [0, 0.05) is 6.42 Å². The number of nitrogens with two attached hydrogens (primary N) is 1. The predicted octanol–water partition coefficient (Wildman–Crippen LogP) is 3.46. The largest absolute Gasteiger partial charge is 0.397 e. The topological polar surface area (TPSA) is 55.1 Å². The summed E-state index contributed by atoms with van der Waals surface area (Å²) in [6.07, 6.45) is 4.24. The van der Waals surface area contributed by atoms with Crippen molar-refractivity contribution >= 4 is 29.7 Å². The molecule has 1 saturated carbocycles. The summed E-state index contributed by atoms with van der Waals surface area (Å²) in [5.41, 5.74) is 7.14. The van der Waals surface area contributed by atoms with Gasteiger partial charge in [-0.05, 0) is 36.8 Å². The van der Waals surface area contributed by atoms with Crippen LogP contribution >= 0.6 is 12.4 Å². The van der Waals surface area contributed by atoms with E-state index in [0.717, 1.165) is 11.6 Å². The molecule has 0 radical (unpaired) electrons. The highest BCUT2D eigenvalue weighted by Gasteiger charge is 2.23. The first kappa shape index (κ1) is 14.8. The zero-order valence-electron chi connectivity index (χ0n) is 10.7. The second kappa shape index (κ2) is 6.64. The van der Waals surface area contributed by atoms with Crippen LogP contribution in [0, 0.1) is 11.8 Å². The number of hydrogen-bond donors (Lipinski definition) is 2. The molecular formula is C14H21ClN2O. The van der Waals surface area contributed by atoms with Crippen molar-refractivity contribution in [3.63, 3.8) is 0 Å². The number of anilines is 2. The van der Waals surface area contributed by atoms with Gasteiger partial charge in [-0.3, -0.25) is 4.79 Å². The highest BCUT2D eigenvalue weighted by Crippen LogP contribution is 2.32. The molecule has 3 nitrogen and oxygen atoms in total. The molecule has 18 heavy (non-hydrogen) atoms. The Kier molecular flexibility index (Phi) is 5.48. The molecule has 1 aromatic rings. The summed E-state index contributed by atoms with van der Waals surface area (Å²) in [6, 6.07) is 7.38. The first-order chi connectivity index (χ1) is 8.15. The van der Waals surface area contributed by atoms with Gasteiger partial charge >= 0.3 is 0 Å². The molecule has 2 atom stereocenters. The maximum Gasteiger partial charge on any atom is 0.224 e. The minimum Gasteiger partial charge on any atom is -0.397 e. The molecule has 0 bridgehead atoms. The summed E-state index contributed by atoms with van der Waals surface area (Å²) in [6.45, 7) is 2.26. The summed E-state index contributed by atoms with van der Waals surface area (Å²) in [4.78, 5) is 11.9. The van der Waals surface area contributed by atoms with Crippen molar-refractivity contribution in [2.75, 3.05) is 11.1 Å². The Bertz CT molecular complexity index is 409. The van der Waals surface area contributed by atoms with E-state index in [2.05, 4.69) is 12.2 Å². The minimum atomic E-state index is 0. The third kappa shape index (κ3) is 3.91. The van der Waals surface area contributed by atoms with Gasteiger partial charge < -0.3 is 11.1 Å². The molecule has 0 aromatic heterocycles. The number of nitrogens with one attached hydrogen (secondary N) is 1. The van der Waals surface area contributed by atoms with Crippen molar-refractivity contribution in [2.24, 2.45) is 11.8 Å². The van der Waals surface area contributed by atoms with E-state index < -0.39 is 0 Å². The number of rotatable bonds is 3. The van der Waals surface area contributed by atoms with Crippen molar-refractivity contribution in [3.8, 4) is 0 Å². The Balaban J connectivity index is 0.00000162. The van der Waals surface area contributed by atoms with E-state index in [9.17, 15) is 4.79 Å². The van der Waals surface area contributed by atoms with E-state index in [0.29, 0.717) is 18.0 Å². The Labute approximate surface area is 115 Å². The molecule has 1 amide bonds. The van der Waals surface area contributed by atoms with E-state index in [1.54, 1.807) is 6.07 Å². The molecule has 1 aromatic carbocycles. The molecule has 1 fully saturated rings. The van der Waals surface area contributed by atoms with E-state index >= 15 is 0 Å². The number of carbonyl (C=O) groups is 1. The van der Waals surface area contributed by atoms with Gasteiger partial charge in [0.2, 0.25) is 5.91 Å². The maximum absolute atomic E-state index is 11.9. The van der Waals surface area contributed by atoms with E-state index in [1.807, 2.05) is 18.2 Å². The lowest BCUT2D eigenvalue weighted by Crippen LogP contribution is -2.16. The summed E-state index contributed by atoms with van der Waals surface area (Å²) in [5, 5.41) is 2.89. The van der Waals surface area contributed by atoms with Crippen LogP contribution in [-0.2, 0) is 4.79 Å². The highest BCUT2D eigenvalue weighted by atomic mass is 35.5. The fourth-order valence-electron chi connectivity index (χ4n) is 2.58. The maximum atomic E-state index is 11.9. The number of nitrogen functional groups attached to an aromatic ring is 1. The standard InChI is InChI=1S/C14H20N2O.ClH/c1-10-6-7-11(8-10)9-14(17)16-13-5-3-2-4-12(13)15;/h2-5,10-11H,6-9,15H2,1H3,(H,16,17);1H. The van der Waals surface area contributed by atoms with Crippen molar-refractivity contribution in [1.82, 2.24) is 0 Å². The molecule has 0 saturated heterocycles. The van der Waals surface area contributed by atoms with Crippen molar-refractivity contribution in [3.05, 3.63) is 24.3 Å². The number of benzene rings is 1. The molecule has 0 aliphatic heterocycles. The van der Waals surface area contributed by atoms with Gasteiger partial charge in [-0.2, -0.15) is 0 Å². The van der Waals surface area contributed by atoms with E-state index in [1.165, 1.54) is 19.3 Å². The Morgan fingerprint density at radius 3 is 2.72 bits per heavy atom. The van der Waals surface area contributed by atoms with Crippen LogP contribution in [0.5, 0.6) is 0 Å². The van der Waals surface area contributed by atoms with Gasteiger partial charge in [0.15, 0.2) is 0 Å². The summed E-state index contributed by atoms with van der Waals surface area (Å²) in [5.74, 6) is 1.41. The van der Waals surface area contributed by atoms with Gasteiger partial charge in [0.1, 0.15) is 0 Å². The number of amides is 1. The lowest BCUT2D eigenvalue weighted by Gasteiger charge is -2.11. The molecule has 3 N–H and O–H groups in total. The van der Waals surface area contributed by atoms with Gasteiger partial charge in [-0.25, -0.2) is 0 Å². The molecular weight excluding hydrogens is 248 g/mol. The van der Waals surface area contributed by atoms with Gasteiger partial charge in [0.25, 0.3) is 0 Å². The van der Waals surface area contributed by atoms with Gasteiger partial charge in [-0.1, -0.05) is 25.5 Å². The second-order valence-corrected chi connectivity index (χ2v) is 5.12. The number of halogens is 1. The van der Waals surface area contributed by atoms with Crippen LogP contribution in [0.2, 0.25) is 0 Å². The van der Waals surface area contributed by atoms with Crippen molar-refractivity contribution in [2.45, 2.75) is 32.6 Å². The van der Waals surface area contributed by atoms with Crippen LogP contribution in [0.15, 0.2) is 24.3 Å². The molecule has 1 aliphatic carbocycles. The predicted molar refractivity (Wildman–Crippen MR) is 77.9 cm³/mol. The first-order valence-corrected chi connectivity index (χ1v) is 6.29. The van der Waals surface area contributed by atoms with Crippen molar-refractivity contribution in [1.29, 1.82) is 0 Å². The zero-order chi connectivity index (χ0) is 12.3. The first-order valence-electron chi connectivity index (χ1n) is 6.29. The quantitative estimate of drug-likeness (QED) is 0.825. The smallest absolute Gasteiger partial charge is 0.224 e. The number of carbonyl (C=O) groups excluding carboxylic acids is 1. The van der Waals surface area contributed by atoms with Crippen LogP contribution < -0.4 is 11.1 Å². The summed E-state index contributed by atoms with van der Waals surface area (Å²) >= 11 is 0. The minimum absolute atomic E-state index is 0. The number of hydrogen-bond acceptors (Lipinski definition) is 2. The number of para-hydroxylation sites is 2. The summed E-state index contributed by atoms with van der Waals surface area (Å²) in [7, 11) is 0. The molecule has 0 heterocycles. The molecule has 1 aliphatic rings. The monoisotopic (exact) mass is 268 g/mol. The average Bonchev–Trinajstić information content (AvgIpc) is 2.67. The van der Waals surface area contributed by atoms with Crippen LogP contribution in [0.3, 0.4) is 0 Å². The van der Waals surface area contributed by atoms with Gasteiger partial charge in [-0.15, -0.1) is 12.4 Å². The van der Waals surface area contributed by atoms with Gasteiger partial charge in [0.05, 0.1) is 11.4 Å². The second-order valence-electron chi connectivity index (χ2n) is 5.12. The average molecular weight is 269 g/mol. The third-order valence-corrected chi connectivity index (χ3v) is 3.51.